The van der Waals surface area contributed by atoms with Crippen molar-refractivity contribution in [1.29, 1.82) is 0 Å². The summed E-state index contributed by atoms with van der Waals surface area (Å²) in [5.74, 6) is 0.872. The molecule has 6 rings (SSSR count). The maximum Gasteiger partial charge on any atom is 0.240 e. The molecule has 7 nitrogen and oxygen atoms in total. The van der Waals surface area contributed by atoms with Crippen LogP contribution in [0, 0.1) is 5.92 Å². The zero-order valence-corrected chi connectivity index (χ0v) is 21.4. The van der Waals surface area contributed by atoms with Crippen LogP contribution in [-0.4, -0.2) is 41.8 Å². The van der Waals surface area contributed by atoms with E-state index in [-0.39, 0.29) is 22.8 Å². The quantitative estimate of drug-likeness (QED) is 0.405. The van der Waals surface area contributed by atoms with Gasteiger partial charge in [0.2, 0.25) is 15.9 Å². The third kappa shape index (κ3) is 4.91. The number of hydrogen-bond donors (Lipinski definition) is 2. The minimum absolute atomic E-state index is 0.0382. The molecule has 2 aliphatic rings. The molecule has 1 fully saturated rings. The van der Waals surface area contributed by atoms with Gasteiger partial charge in [-0.25, -0.2) is 18.1 Å². The predicted octanol–water partition coefficient (Wildman–Crippen LogP) is 4.65. The number of hydrogen-bond acceptors (Lipinski definition) is 4. The van der Waals surface area contributed by atoms with E-state index in [9.17, 15) is 13.2 Å². The molecular weight excluding hydrogens is 484 g/mol. The topological polar surface area (TPSA) is 95.2 Å². The molecule has 3 aromatic carbocycles. The Labute approximate surface area is 217 Å². The molecule has 1 aliphatic carbocycles. The Morgan fingerprint density at radius 2 is 1.65 bits per heavy atom. The number of imidazole rings is 1. The van der Waals surface area contributed by atoms with Crippen molar-refractivity contribution in [2.24, 2.45) is 5.92 Å². The Bertz CT molecular complexity index is 1540. The van der Waals surface area contributed by atoms with Crippen LogP contribution in [0.2, 0.25) is 0 Å². The highest BCUT2D eigenvalue weighted by Crippen LogP contribution is 2.30. The number of nitrogens with one attached hydrogen (secondary N) is 2. The Morgan fingerprint density at radius 3 is 2.43 bits per heavy atom. The van der Waals surface area contributed by atoms with Gasteiger partial charge < -0.3 is 9.88 Å². The fourth-order valence-corrected chi connectivity index (χ4v) is 6.91. The highest BCUT2D eigenvalue weighted by Gasteiger charge is 2.32. The molecule has 0 bridgehead atoms. The summed E-state index contributed by atoms with van der Waals surface area (Å²) in [5, 5.41) is 0. The van der Waals surface area contributed by atoms with Gasteiger partial charge in [0, 0.05) is 30.6 Å². The number of aromatic amines is 1. The Balaban J connectivity index is 1.09. The van der Waals surface area contributed by atoms with E-state index < -0.39 is 10.0 Å². The number of aromatic nitrogens is 2. The van der Waals surface area contributed by atoms with Crippen LogP contribution in [0.25, 0.3) is 22.4 Å². The van der Waals surface area contributed by atoms with Crippen molar-refractivity contribution in [3.05, 3.63) is 83.9 Å². The highest BCUT2D eigenvalue weighted by atomic mass is 32.2. The average molecular weight is 515 g/mol. The smallest absolute Gasteiger partial charge is 0.240 e. The largest absolute Gasteiger partial charge is 0.338 e. The van der Waals surface area contributed by atoms with Crippen molar-refractivity contribution in [3.63, 3.8) is 0 Å². The summed E-state index contributed by atoms with van der Waals surface area (Å²) in [6, 6.07) is 22.9. The molecule has 0 unspecified atom stereocenters. The molecule has 2 N–H and O–H groups in total. The normalized spacial score (nSPS) is 20.1. The minimum Gasteiger partial charge on any atom is -0.338 e. The fourth-order valence-electron chi connectivity index (χ4n) is 5.58. The maximum absolute atomic E-state index is 13.2. The summed E-state index contributed by atoms with van der Waals surface area (Å²) in [6.45, 7) is 1.42. The second-order valence-electron chi connectivity index (χ2n) is 10.1. The fraction of sp³-hybridized carbons (Fsp3) is 0.310. The first-order valence-corrected chi connectivity index (χ1v) is 14.4. The van der Waals surface area contributed by atoms with E-state index >= 15 is 0 Å². The van der Waals surface area contributed by atoms with Gasteiger partial charge >= 0.3 is 0 Å². The molecule has 0 saturated heterocycles. The lowest BCUT2D eigenvalue weighted by Crippen LogP contribution is -2.43. The molecule has 8 heteroatoms. The molecule has 37 heavy (non-hydrogen) atoms. The molecule has 0 atom stereocenters. The number of carbonyl (C=O) groups is 1. The van der Waals surface area contributed by atoms with Crippen molar-refractivity contribution in [2.45, 2.75) is 49.6 Å². The first kappa shape index (κ1) is 23.9. The number of amides is 1. The summed E-state index contributed by atoms with van der Waals surface area (Å²) < 4.78 is 29.2. The van der Waals surface area contributed by atoms with E-state index in [1.807, 2.05) is 47.4 Å². The van der Waals surface area contributed by atoms with E-state index in [0.717, 1.165) is 24.0 Å². The van der Waals surface area contributed by atoms with Gasteiger partial charge in [0.25, 0.3) is 0 Å². The number of sulfonamides is 1. The van der Waals surface area contributed by atoms with E-state index in [0.29, 0.717) is 43.6 Å². The van der Waals surface area contributed by atoms with E-state index in [2.05, 4.69) is 26.8 Å². The van der Waals surface area contributed by atoms with Gasteiger partial charge in [-0.2, -0.15) is 0 Å². The lowest BCUT2D eigenvalue weighted by molar-refractivity contribution is -0.137. The van der Waals surface area contributed by atoms with Crippen LogP contribution in [0.1, 0.15) is 36.8 Å². The molecule has 1 saturated carbocycles. The SMILES string of the molecule is O=C(C1CCC(NS(=O)(=O)c2ccc3nc(-c4ccccc4)[nH]c3c2)CC1)N1CCc2ccccc2C1. The summed E-state index contributed by atoms with van der Waals surface area (Å²) >= 11 is 0. The second kappa shape index (κ2) is 9.76. The van der Waals surface area contributed by atoms with Gasteiger partial charge in [-0.05, 0) is 61.4 Å². The molecule has 0 spiro atoms. The summed E-state index contributed by atoms with van der Waals surface area (Å²) in [7, 11) is -3.69. The van der Waals surface area contributed by atoms with Gasteiger partial charge in [0.15, 0.2) is 0 Å². The summed E-state index contributed by atoms with van der Waals surface area (Å²) in [6.07, 6.45) is 3.61. The van der Waals surface area contributed by atoms with E-state index in [4.69, 9.17) is 0 Å². The van der Waals surface area contributed by atoms with Gasteiger partial charge in [-0.3, -0.25) is 4.79 Å². The number of nitrogens with zero attached hydrogens (tertiary/aromatic N) is 2. The molecular formula is C29H30N4O3S. The molecule has 1 aliphatic heterocycles. The molecule has 0 radical (unpaired) electrons. The lowest BCUT2D eigenvalue weighted by atomic mass is 9.85. The van der Waals surface area contributed by atoms with Crippen molar-refractivity contribution < 1.29 is 13.2 Å². The number of carbonyl (C=O) groups excluding carboxylic acids is 1. The van der Waals surface area contributed by atoms with Crippen molar-refractivity contribution in [2.75, 3.05) is 6.54 Å². The standard InChI is InChI=1S/C29H30N4O3S/c34-29(33-17-16-20-6-4-5-9-23(20)19-33)22-10-12-24(13-11-22)32-37(35,36)25-14-15-26-27(18-25)31-28(30-26)21-7-2-1-3-8-21/h1-9,14-15,18,22,24,32H,10-13,16-17,19H2,(H,30,31). The van der Waals surface area contributed by atoms with E-state index in [1.54, 1.807) is 18.2 Å². The molecule has 2 heterocycles. The Kier molecular flexibility index (Phi) is 6.30. The maximum atomic E-state index is 13.2. The first-order chi connectivity index (χ1) is 18.0. The molecule has 1 amide bonds. The average Bonchev–Trinajstić information content (AvgIpc) is 3.37. The number of rotatable bonds is 5. The summed E-state index contributed by atoms with van der Waals surface area (Å²) in [5.41, 5.74) is 4.90. The van der Waals surface area contributed by atoms with E-state index in [1.165, 1.54) is 11.1 Å². The Morgan fingerprint density at radius 1 is 0.919 bits per heavy atom. The van der Waals surface area contributed by atoms with Crippen LogP contribution in [0.15, 0.2) is 77.7 Å². The van der Waals surface area contributed by atoms with Crippen LogP contribution in [0.4, 0.5) is 0 Å². The van der Waals surface area contributed by atoms with Crippen molar-refractivity contribution in [3.8, 4) is 11.4 Å². The van der Waals surface area contributed by atoms with Crippen molar-refractivity contribution >= 4 is 27.0 Å². The van der Waals surface area contributed by atoms with Crippen LogP contribution in [0.3, 0.4) is 0 Å². The minimum atomic E-state index is -3.69. The Hall–Kier alpha value is -3.49. The van der Waals surface area contributed by atoms with Gasteiger partial charge in [-0.1, -0.05) is 54.6 Å². The van der Waals surface area contributed by atoms with Crippen LogP contribution in [-0.2, 0) is 27.8 Å². The molecule has 4 aromatic rings. The van der Waals surface area contributed by atoms with Crippen LogP contribution < -0.4 is 4.72 Å². The van der Waals surface area contributed by atoms with Gasteiger partial charge in [-0.15, -0.1) is 0 Å². The van der Waals surface area contributed by atoms with Gasteiger partial charge in [0.05, 0.1) is 15.9 Å². The molecule has 1 aromatic heterocycles. The van der Waals surface area contributed by atoms with Crippen LogP contribution >= 0.6 is 0 Å². The third-order valence-electron chi connectivity index (χ3n) is 7.65. The van der Waals surface area contributed by atoms with Gasteiger partial charge in [0.1, 0.15) is 5.82 Å². The van der Waals surface area contributed by atoms with Crippen molar-refractivity contribution in [1.82, 2.24) is 19.6 Å². The second-order valence-corrected chi connectivity index (χ2v) is 11.8. The lowest BCUT2D eigenvalue weighted by Gasteiger charge is -2.34. The molecule has 190 valence electrons. The predicted molar refractivity (Wildman–Crippen MR) is 143 cm³/mol. The third-order valence-corrected chi connectivity index (χ3v) is 9.17. The number of H-pyrrole nitrogens is 1. The first-order valence-electron chi connectivity index (χ1n) is 12.9. The summed E-state index contributed by atoms with van der Waals surface area (Å²) in [4.78, 5) is 23.2. The number of benzene rings is 3. The number of fused-ring (bicyclic) bond motifs is 2. The van der Waals surface area contributed by atoms with Crippen LogP contribution in [0.5, 0.6) is 0 Å². The monoisotopic (exact) mass is 514 g/mol. The highest BCUT2D eigenvalue weighted by molar-refractivity contribution is 7.89. The zero-order chi connectivity index (χ0) is 25.4. The zero-order valence-electron chi connectivity index (χ0n) is 20.6.